The number of amides is 2. The van der Waals surface area contributed by atoms with Crippen LogP contribution in [0.1, 0.15) is 13.3 Å². The number of hydrogen-bond acceptors (Lipinski definition) is 5. The van der Waals surface area contributed by atoms with E-state index in [4.69, 9.17) is 5.11 Å². The second-order valence-electron chi connectivity index (χ2n) is 2.68. The van der Waals surface area contributed by atoms with Crippen LogP contribution in [0.25, 0.3) is 0 Å². The van der Waals surface area contributed by atoms with E-state index in [2.05, 4.69) is 20.2 Å². The van der Waals surface area contributed by atoms with Crippen molar-refractivity contribution in [2.45, 2.75) is 19.4 Å². The number of nitrogens with one attached hydrogen (secondary N) is 2. The maximum Gasteiger partial charge on any atom is 0.326 e. The van der Waals surface area contributed by atoms with E-state index in [1.165, 1.54) is 6.20 Å². The summed E-state index contributed by atoms with van der Waals surface area (Å²) in [5, 5.41) is 17.4. The molecule has 7 nitrogen and oxygen atoms in total. The fraction of sp³-hybridized carbons (Fsp3) is 0.429. The van der Waals surface area contributed by atoms with E-state index in [1.807, 2.05) is 0 Å². The normalized spacial score (nSPS) is 11.8. The Bertz CT molecular complexity index is 340. The quantitative estimate of drug-likeness (QED) is 0.699. The highest BCUT2D eigenvalue weighted by Gasteiger charge is 2.17. The number of urea groups is 1. The van der Waals surface area contributed by atoms with Crippen molar-refractivity contribution in [2.24, 2.45) is 0 Å². The van der Waals surface area contributed by atoms with Crippen LogP contribution in [0.4, 0.5) is 9.80 Å². The molecule has 1 heterocycles. The zero-order valence-electron chi connectivity index (χ0n) is 7.93. The Hall–Kier alpha value is -1.70. The standard InChI is InChI=1S/C7H10N4O3S/c1-2-4(6(12)13)9-7(14)10-5-3-8-11-15-5/h3-4H,2H2,1H3,(H,12,13)(H2,9,10,14)/t4-/m0/s1. The average Bonchev–Trinajstić information content (AvgIpc) is 2.66. The van der Waals surface area contributed by atoms with E-state index in [-0.39, 0.29) is 0 Å². The highest BCUT2D eigenvalue weighted by molar-refractivity contribution is 7.10. The molecule has 0 aliphatic rings. The van der Waals surface area contributed by atoms with Crippen molar-refractivity contribution < 1.29 is 14.7 Å². The summed E-state index contributed by atoms with van der Waals surface area (Å²) in [5.74, 6) is -1.06. The lowest BCUT2D eigenvalue weighted by atomic mass is 10.2. The van der Waals surface area contributed by atoms with Gasteiger partial charge in [-0.3, -0.25) is 5.32 Å². The molecule has 0 aliphatic heterocycles. The largest absolute Gasteiger partial charge is 0.480 e. The lowest BCUT2D eigenvalue weighted by molar-refractivity contribution is -0.139. The first-order chi connectivity index (χ1) is 7.13. The molecule has 0 fully saturated rings. The molecule has 0 aliphatic carbocycles. The first kappa shape index (κ1) is 11.4. The molecule has 1 aromatic rings. The minimum atomic E-state index is -1.06. The SMILES string of the molecule is CC[C@H](NC(=O)Nc1cnns1)C(=O)O. The fourth-order valence-corrected chi connectivity index (χ4v) is 1.28. The third-order valence-corrected chi connectivity index (χ3v) is 2.19. The summed E-state index contributed by atoms with van der Waals surface area (Å²) < 4.78 is 3.54. The third kappa shape index (κ3) is 3.50. The van der Waals surface area contributed by atoms with Crippen LogP contribution in [0, 0.1) is 0 Å². The zero-order chi connectivity index (χ0) is 11.3. The van der Waals surface area contributed by atoms with Crippen molar-refractivity contribution in [3.8, 4) is 0 Å². The summed E-state index contributed by atoms with van der Waals surface area (Å²) in [6.07, 6.45) is 1.70. The maximum atomic E-state index is 11.2. The van der Waals surface area contributed by atoms with Gasteiger partial charge < -0.3 is 10.4 Å². The van der Waals surface area contributed by atoms with Crippen molar-refractivity contribution in [3.05, 3.63) is 6.20 Å². The first-order valence-electron chi connectivity index (χ1n) is 4.21. The summed E-state index contributed by atoms with van der Waals surface area (Å²) in [6, 6.07) is -1.46. The molecule has 0 saturated carbocycles. The smallest absolute Gasteiger partial charge is 0.326 e. The van der Waals surface area contributed by atoms with Crippen LogP contribution < -0.4 is 10.6 Å². The minimum Gasteiger partial charge on any atom is -0.480 e. The number of aromatic nitrogens is 2. The predicted octanol–water partition coefficient (Wildman–Crippen LogP) is 0.523. The molecule has 1 atom stereocenters. The number of aliphatic carboxylic acids is 1. The number of carbonyl (C=O) groups is 2. The van der Waals surface area contributed by atoms with Gasteiger partial charge in [-0.1, -0.05) is 11.4 Å². The van der Waals surface area contributed by atoms with Crippen LogP contribution in [0.2, 0.25) is 0 Å². The van der Waals surface area contributed by atoms with Crippen LogP contribution in [0.3, 0.4) is 0 Å². The van der Waals surface area contributed by atoms with Crippen molar-refractivity contribution in [3.63, 3.8) is 0 Å². The Labute approximate surface area is 89.7 Å². The summed E-state index contributed by atoms with van der Waals surface area (Å²) in [5.41, 5.74) is 0. The molecule has 0 aromatic carbocycles. The first-order valence-corrected chi connectivity index (χ1v) is 4.98. The van der Waals surface area contributed by atoms with Crippen LogP contribution in [-0.2, 0) is 4.79 Å². The Morgan fingerprint density at radius 2 is 2.40 bits per heavy atom. The summed E-state index contributed by atoms with van der Waals surface area (Å²) in [7, 11) is 0. The molecule has 0 radical (unpaired) electrons. The number of carbonyl (C=O) groups excluding carboxylic acids is 1. The predicted molar refractivity (Wildman–Crippen MR) is 53.8 cm³/mol. The summed E-state index contributed by atoms with van der Waals surface area (Å²) in [4.78, 5) is 21.9. The fourth-order valence-electron chi connectivity index (χ4n) is 0.867. The lowest BCUT2D eigenvalue weighted by Crippen LogP contribution is -2.42. The Morgan fingerprint density at radius 1 is 1.67 bits per heavy atom. The van der Waals surface area contributed by atoms with Gasteiger partial charge in [0, 0.05) is 11.5 Å². The van der Waals surface area contributed by atoms with E-state index < -0.39 is 18.0 Å². The van der Waals surface area contributed by atoms with Gasteiger partial charge in [-0.25, -0.2) is 9.59 Å². The third-order valence-electron chi connectivity index (χ3n) is 1.61. The molecular weight excluding hydrogens is 220 g/mol. The van der Waals surface area contributed by atoms with Gasteiger partial charge in [0.1, 0.15) is 11.0 Å². The van der Waals surface area contributed by atoms with Gasteiger partial charge in [0.05, 0.1) is 6.20 Å². The Kier molecular flexibility index (Phi) is 3.98. The number of carboxylic acid groups (broad SMARTS) is 1. The minimum absolute atomic E-state index is 0.323. The van der Waals surface area contributed by atoms with Crippen molar-refractivity contribution in [2.75, 3.05) is 5.32 Å². The van der Waals surface area contributed by atoms with Crippen LogP contribution in [-0.4, -0.2) is 32.7 Å². The number of rotatable bonds is 4. The molecule has 0 unspecified atom stereocenters. The van der Waals surface area contributed by atoms with E-state index in [0.29, 0.717) is 11.4 Å². The summed E-state index contributed by atoms with van der Waals surface area (Å²) >= 11 is 1.01. The zero-order valence-corrected chi connectivity index (χ0v) is 8.74. The molecule has 0 bridgehead atoms. The molecule has 2 amide bonds. The van der Waals surface area contributed by atoms with E-state index in [9.17, 15) is 9.59 Å². The Balaban J connectivity index is 2.45. The number of carboxylic acids is 1. The van der Waals surface area contributed by atoms with Gasteiger partial charge >= 0.3 is 12.0 Å². The topological polar surface area (TPSA) is 104 Å². The maximum absolute atomic E-state index is 11.2. The average molecular weight is 230 g/mol. The molecule has 1 rings (SSSR count). The highest BCUT2D eigenvalue weighted by atomic mass is 32.1. The molecule has 15 heavy (non-hydrogen) atoms. The van der Waals surface area contributed by atoms with E-state index in [0.717, 1.165) is 11.5 Å². The second kappa shape index (κ2) is 5.25. The van der Waals surface area contributed by atoms with E-state index >= 15 is 0 Å². The van der Waals surface area contributed by atoms with Crippen LogP contribution in [0.5, 0.6) is 0 Å². The van der Waals surface area contributed by atoms with E-state index in [1.54, 1.807) is 6.92 Å². The molecule has 0 saturated heterocycles. The second-order valence-corrected chi connectivity index (χ2v) is 3.46. The van der Waals surface area contributed by atoms with Gasteiger partial charge in [-0.2, -0.15) is 0 Å². The summed E-state index contributed by atoms with van der Waals surface area (Å²) in [6.45, 7) is 1.67. The molecule has 82 valence electrons. The number of hydrogen-bond donors (Lipinski definition) is 3. The van der Waals surface area contributed by atoms with Crippen molar-refractivity contribution >= 4 is 28.5 Å². The lowest BCUT2D eigenvalue weighted by Gasteiger charge is -2.11. The van der Waals surface area contributed by atoms with Gasteiger partial charge in [0.25, 0.3) is 0 Å². The molecule has 1 aromatic heterocycles. The monoisotopic (exact) mass is 230 g/mol. The van der Waals surface area contributed by atoms with Crippen LogP contribution in [0.15, 0.2) is 6.20 Å². The van der Waals surface area contributed by atoms with Crippen molar-refractivity contribution in [1.82, 2.24) is 14.9 Å². The number of nitrogens with zero attached hydrogens (tertiary/aromatic N) is 2. The molecule has 3 N–H and O–H groups in total. The highest BCUT2D eigenvalue weighted by Crippen LogP contribution is 2.08. The number of anilines is 1. The van der Waals surface area contributed by atoms with Crippen LogP contribution >= 0.6 is 11.5 Å². The Morgan fingerprint density at radius 3 is 2.87 bits per heavy atom. The van der Waals surface area contributed by atoms with Crippen molar-refractivity contribution in [1.29, 1.82) is 0 Å². The molecule has 8 heteroatoms. The van der Waals surface area contributed by atoms with Gasteiger partial charge in [0.2, 0.25) is 0 Å². The molecular formula is C7H10N4O3S. The van der Waals surface area contributed by atoms with Gasteiger partial charge in [0.15, 0.2) is 0 Å². The van der Waals surface area contributed by atoms with Gasteiger partial charge in [-0.05, 0) is 6.42 Å². The molecule has 0 spiro atoms. The van der Waals surface area contributed by atoms with Gasteiger partial charge in [-0.15, -0.1) is 5.10 Å².